The van der Waals surface area contributed by atoms with Gasteiger partial charge in [0.25, 0.3) is 0 Å². The summed E-state index contributed by atoms with van der Waals surface area (Å²) in [5.74, 6) is 1.04. The number of likely N-dealkylation sites (tertiary alicyclic amines) is 1. The number of guanidine groups is 1. The van der Waals surface area contributed by atoms with Gasteiger partial charge in [-0.25, -0.2) is 0 Å². The van der Waals surface area contributed by atoms with Crippen molar-refractivity contribution in [2.75, 3.05) is 39.4 Å². The molecule has 0 spiro atoms. The number of ether oxygens (including phenoxy) is 2. The van der Waals surface area contributed by atoms with Crippen molar-refractivity contribution < 1.29 is 9.47 Å². The summed E-state index contributed by atoms with van der Waals surface area (Å²) in [7, 11) is 0. The van der Waals surface area contributed by atoms with Crippen LogP contribution in [0, 0.1) is 0 Å². The molecule has 2 aliphatic rings. The van der Waals surface area contributed by atoms with E-state index in [9.17, 15) is 0 Å². The Morgan fingerprint density at radius 3 is 2.66 bits per heavy atom. The van der Waals surface area contributed by atoms with E-state index in [1.165, 1.54) is 12.8 Å². The lowest BCUT2D eigenvalue weighted by molar-refractivity contribution is -0.0721. The normalized spacial score (nSPS) is 21.1. The number of nitrogens with zero attached hydrogens (tertiary/aromatic N) is 5. The lowest BCUT2D eigenvalue weighted by Crippen LogP contribution is -2.47. The second kappa shape index (κ2) is 14.1. The van der Waals surface area contributed by atoms with E-state index in [-0.39, 0.29) is 24.0 Å². The maximum absolute atomic E-state index is 6.13. The molecule has 1 N–H and O–H groups in total. The van der Waals surface area contributed by atoms with E-state index in [1.54, 1.807) is 12.7 Å². The highest BCUT2D eigenvalue weighted by molar-refractivity contribution is 14.0. The maximum Gasteiger partial charge on any atom is 0.193 e. The molecule has 1 unspecified atom stereocenters. The summed E-state index contributed by atoms with van der Waals surface area (Å²) in [5.41, 5.74) is 0. The number of halogens is 1. The summed E-state index contributed by atoms with van der Waals surface area (Å²) in [6.07, 6.45) is 12.1. The summed E-state index contributed by atoms with van der Waals surface area (Å²) in [4.78, 5) is 7.21. The third-order valence-electron chi connectivity index (χ3n) is 5.42. The Morgan fingerprint density at radius 1 is 1.17 bits per heavy atom. The van der Waals surface area contributed by atoms with Crippen LogP contribution in [0.25, 0.3) is 0 Å². The SMILES string of the molecule is CCNC(=NCCCCn1cnnc1)N1CCC(OCC2CCCCO2)CC1.I. The molecule has 1 atom stereocenters. The molecule has 3 rings (SSSR count). The van der Waals surface area contributed by atoms with Crippen molar-refractivity contribution in [1.82, 2.24) is 25.0 Å². The first-order valence-electron chi connectivity index (χ1n) is 10.9. The number of hydrogen-bond donors (Lipinski definition) is 1. The number of aliphatic imine (C=N–C) groups is 1. The summed E-state index contributed by atoms with van der Waals surface area (Å²) in [6.45, 7) is 8.48. The Bertz CT molecular complexity index is 557. The lowest BCUT2D eigenvalue weighted by atomic mass is 10.1. The number of unbranched alkanes of at least 4 members (excludes halogenated alkanes) is 1. The van der Waals surface area contributed by atoms with E-state index >= 15 is 0 Å². The van der Waals surface area contributed by atoms with Crippen molar-refractivity contribution in [2.24, 2.45) is 4.99 Å². The van der Waals surface area contributed by atoms with Crippen LogP contribution >= 0.6 is 24.0 Å². The third-order valence-corrected chi connectivity index (χ3v) is 5.42. The molecular weight excluding hydrogens is 483 g/mol. The van der Waals surface area contributed by atoms with Gasteiger partial charge in [-0.3, -0.25) is 4.99 Å². The monoisotopic (exact) mass is 520 g/mol. The Hall–Kier alpha value is -0.940. The first-order valence-corrected chi connectivity index (χ1v) is 10.9. The van der Waals surface area contributed by atoms with E-state index in [0.717, 1.165) is 84.0 Å². The first-order chi connectivity index (χ1) is 13.8. The Morgan fingerprint density at radius 2 is 1.97 bits per heavy atom. The van der Waals surface area contributed by atoms with Crippen LogP contribution in [0.4, 0.5) is 0 Å². The van der Waals surface area contributed by atoms with Crippen molar-refractivity contribution in [3.05, 3.63) is 12.7 Å². The fourth-order valence-corrected chi connectivity index (χ4v) is 3.77. The van der Waals surface area contributed by atoms with Gasteiger partial charge in [0.2, 0.25) is 0 Å². The smallest absolute Gasteiger partial charge is 0.193 e. The molecule has 29 heavy (non-hydrogen) atoms. The van der Waals surface area contributed by atoms with Crippen LogP contribution in [0.2, 0.25) is 0 Å². The standard InChI is InChI=1S/C20H36N6O2.HI/c1-2-21-20(22-10-4-5-11-25-16-23-24-17-25)26-12-8-18(9-13-26)28-15-19-7-3-6-14-27-19;/h16-19H,2-15H2,1H3,(H,21,22);1H. The zero-order valence-electron chi connectivity index (χ0n) is 17.7. The third kappa shape index (κ3) is 8.75. The van der Waals surface area contributed by atoms with Gasteiger partial charge in [-0.05, 0) is 51.9 Å². The molecular formula is C20H37IN6O2. The highest BCUT2D eigenvalue weighted by atomic mass is 127. The fraction of sp³-hybridized carbons (Fsp3) is 0.850. The van der Waals surface area contributed by atoms with Gasteiger partial charge < -0.3 is 24.3 Å². The highest BCUT2D eigenvalue weighted by Crippen LogP contribution is 2.18. The molecule has 2 fully saturated rings. The fourth-order valence-electron chi connectivity index (χ4n) is 3.77. The van der Waals surface area contributed by atoms with Gasteiger partial charge in [0.05, 0.1) is 18.8 Å². The van der Waals surface area contributed by atoms with Gasteiger partial charge >= 0.3 is 0 Å². The molecule has 2 saturated heterocycles. The van der Waals surface area contributed by atoms with Crippen LogP contribution in [-0.4, -0.2) is 77.2 Å². The molecule has 0 aliphatic carbocycles. The number of piperidine rings is 1. The molecule has 0 amide bonds. The zero-order valence-corrected chi connectivity index (χ0v) is 20.0. The van der Waals surface area contributed by atoms with Crippen LogP contribution in [0.5, 0.6) is 0 Å². The van der Waals surface area contributed by atoms with Crippen LogP contribution in [0.1, 0.15) is 51.9 Å². The highest BCUT2D eigenvalue weighted by Gasteiger charge is 2.23. The predicted octanol–water partition coefficient (Wildman–Crippen LogP) is 2.69. The van der Waals surface area contributed by atoms with Crippen molar-refractivity contribution >= 4 is 29.9 Å². The van der Waals surface area contributed by atoms with Gasteiger partial charge in [0.15, 0.2) is 5.96 Å². The average Bonchev–Trinajstić information content (AvgIpc) is 3.26. The van der Waals surface area contributed by atoms with Crippen LogP contribution in [0.3, 0.4) is 0 Å². The van der Waals surface area contributed by atoms with Gasteiger partial charge in [-0.2, -0.15) is 0 Å². The summed E-state index contributed by atoms with van der Waals surface area (Å²) in [5, 5.41) is 11.1. The van der Waals surface area contributed by atoms with Gasteiger partial charge in [0.1, 0.15) is 12.7 Å². The van der Waals surface area contributed by atoms with E-state index in [4.69, 9.17) is 14.5 Å². The summed E-state index contributed by atoms with van der Waals surface area (Å²) < 4.78 is 13.9. The first kappa shape index (κ1) is 24.3. The van der Waals surface area contributed by atoms with Gasteiger partial charge in [0, 0.05) is 39.3 Å². The van der Waals surface area contributed by atoms with E-state index in [2.05, 4.69) is 27.3 Å². The van der Waals surface area contributed by atoms with Crippen LogP contribution < -0.4 is 5.32 Å². The number of hydrogen-bond acceptors (Lipinski definition) is 5. The molecule has 0 saturated carbocycles. The lowest BCUT2D eigenvalue weighted by Gasteiger charge is -2.35. The molecule has 0 bridgehead atoms. The molecule has 1 aromatic heterocycles. The summed E-state index contributed by atoms with van der Waals surface area (Å²) in [6, 6.07) is 0. The minimum Gasteiger partial charge on any atom is -0.376 e. The number of aryl methyl sites for hydroxylation is 1. The Balaban J connectivity index is 0.00000300. The minimum atomic E-state index is 0. The largest absolute Gasteiger partial charge is 0.376 e. The van der Waals surface area contributed by atoms with E-state index in [0.29, 0.717) is 12.2 Å². The van der Waals surface area contributed by atoms with Crippen molar-refractivity contribution in [3.63, 3.8) is 0 Å². The van der Waals surface area contributed by atoms with Crippen LogP contribution in [-0.2, 0) is 16.0 Å². The van der Waals surface area contributed by atoms with Crippen molar-refractivity contribution in [3.8, 4) is 0 Å². The molecule has 3 heterocycles. The van der Waals surface area contributed by atoms with Gasteiger partial charge in [-0.15, -0.1) is 34.2 Å². The van der Waals surface area contributed by atoms with Crippen molar-refractivity contribution in [2.45, 2.75) is 70.6 Å². The second-order valence-electron chi connectivity index (χ2n) is 7.65. The molecule has 0 radical (unpaired) electrons. The number of rotatable bonds is 9. The average molecular weight is 520 g/mol. The second-order valence-corrected chi connectivity index (χ2v) is 7.65. The molecule has 1 aromatic rings. The Labute approximate surface area is 191 Å². The van der Waals surface area contributed by atoms with E-state index < -0.39 is 0 Å². The summed E-state index contributed by atoms with van der Waals surface area (Å²) >= 11 is 0. The van der Waals surface area contributed by atoms with E-state index in [1.807, 2.05) is 4.57 Å². The molecule has 9 heteroatoms. The zero-order chi connectivity index (χ0) is 19.4. The molecule has 8 nitrogen and oxygen atoms in total. The quantitative estimate of drug-likeness (QED) is 0.234. The number of aromatic nitrogens is 3. The number of nitrogens with one attached hydrogen (secondary N) is 1. The topological polar surface area (TPSA) is 76.8 Å². The van der Waals surface area contributed by atoms with Crippen molar-refractivity contribution in [1.29, 1.82) is 0 Å². The predicted molar refractivity (Wildman–Crippen MR) is 125 cm³/mol. The Kier molecular flexibility index (Phi) is 11.9. The molecule has 166 valence electrons. The van der Waals surface area contributed by atoms with Gasteiger partial charge in [-0.1, -0.05) is 0 Å². The molecule has 2 aliphatic heterocycles. The minimum absolute atomic E-state index is 0. The maximum atomic E-state index is 6.13. The molecule has 0 aromatic carbocycles. The van der Waals surface area contributed by atoms with Crippen LogP contribution in [0.15, 0.2) is 17.6 Å².